The first-order chi connectivity index (χ1) is 10.1. The van der Waals surface area contributed by atoms with Gasteiger partial charge in [0.2, 0.25) is 10.5 Å². The van der Waals surface area contributed by atoms with Gasteiger partial charge in [-0.05, 0) is 18.1 Å². The third-order valence-electron chi connectivity index (χ3n) is 3.60. The number of non-ortho nitro benzene ring substituents is 1. The number of aromatic nitrogens is 1. The maximum atomic E-state index is 10.6. The molecular formula is C16H15N2O2S+. The molecule has 0 unspecified atom stereocenters. The van der Waals surface area contributed by atoms with Gasteiger partial charge in [-0.1, -0.05) is 35.6 Å². The van der Waals surface area contributed by atoms with Gasteiger partial charge in [-0.3, -0.25) is 10.1 Å². The second-order valence-electron chi connectivity index (χ2n) is 4.95. The summed E-state index contributed by atoms with van der Waals surface area (Å²) in [6.45, 7) is 0. The van der Waals surface area contributed by atoms with Crippen LogP contribution in [0.5, 0.6) is 0 Å². The number of para-hydroxylation sites is 1. The van der Waals surface area contributed by atoms with Gasteiger partial charge >= 0.3 is 0 Å². The second-order valence-corrected chi connectivity index (χ2v) is 6.06. The van der Waals surface area contributed by atoms with Crippen molar-refractivity contribution >= 4 is 27.2 Å². The molecule has 0 spiro atoms. The Balaban J connectivity index is 1.77. The smallest absolute Gasteiger partial charge is 0.258 e. The maximum absolute atomic E-state index is 10.6. The molecule has 3 aromatic rings. The monoisotopic (exact) mass is 299 g/mol. The standard InChI is InChI=1S/C16H15N2O2S/c1-17-14-4-2-3-5-15(14)21-16(17)11-8-12-6-9-13(10-7-12)18(19)20/h2-7,9-10H,8,11H2,1H3/q+1. The summed E-state index contributed by atoms with van der Waals surface area (Å²) in [5, 5.41) is 12.0. The Morgan fingerprint density at radius 3 is 2.48 bits per heavy atom. The highest BCUT2D eigenvalue weighted by atomic mass is 32.1. The van der Waals surface area contributed by atoms with Gasteiger partial charge in [-0.25, -0.2) is 0 Å². The Hall–Kier alpha value is -2.27. The molecule has 5 heteroatoms. The topological polar surface area (TPSA) is 47.0 Å². The second kappa shape index (κ2) is 5.61. The number of nitro benzene ring substituents is 1. The number of nitro groups is 1. The quantitative estimate of drug-likeness (QED) is 0.421. The van der Waals surface area contributed by atoms with E-state index >= 15 is 0 Å². The molecule has 0 amide bonds. The molecule has 3 rings (SSSR count). The zero-order valence-corrected chi connectivity index (χ0v) is 12.5. The number of aryl methyl sites for hydroxylation is 3. The van der Waals surface area contributed by atoms with E-state index in [1.165, 1.54) is 15.2 Å². The number of thiazole rings is 1. The van der Waals surface area contributed by atoms with Gasteiger partial charge in [0, 0.05) is 24.6 Å². The minimum absolute atomic E-state index is 0.145. The summed E-state index contributed by atoms with van der Waals surface area (Å²) in [7, 11) is 2.09. The highest BCUT2D eigenvalue weighted by Crippen LogP contribution is 2.21. The highest BCUT2D eigenvalue weighted by molar-refractivity contribution is 7.18. The van der Waals surface area contributed by atoms with E-state index in [0.717, 1.165) is 18.4 Å². The summed E-state index contributed by atoms with van der Waals surface area (Å²) in [6.07, 6.45) is 1.83. The van der Waals surface area contributed by atoms with E-state index in [-0.39, 0.29) is 10.6 Å². The first-order valence-corrected chi connectivity index (χ1v) is 7.56. The molecule has 4 nitrogen and oxygen atoms in total. The van der Waals surface area contributed by atoms with Gasteiger partial charge in [0.05, 0.1) is 4.92 Å². The number of fused-ring (bicyclic) bond motifs is 1. The number of benzene rings is 2. The van der Waals surface area contributed by atoms with E-state index in [4.69, 9.17) is 0 Å². The van der Waals surface area contributed by atoms with Crippen LogP contribution in [-0.4, -0.2) is 4.92 Å². The SMILES string of the molecule is C[n+]1c(CCc2ccc([N+](=O)[O-])cc2)sc2ccccc21. The molecule has 1 aromatic heterocycles. The molecule has 0 saturated carbocycles. The molecule has 0 aliphatic carbocycles. The first-order valence-electron chi connectivity index (χ1n) is 6.75. The number of nitrogens with zero attached hydrogens (tertiary/aromatic N) is 2. The Kier molecular flexibility index (Phi) is 3.66. The number of hydrogen-bond donors (Lipinski definition) is 0. The Labute approximate surface area is 126 Å². The molecule has 2 aromatic carbocycles. The molecule has 0 radical (unpaired) electrons. The Bertz CT molecular complexity index is 794. The first kappa shape index (κ1) is 13.7. The third kappa shape index (κ3) is 2.78. The summed E-state index contributed by atoms with van der Waals surface area (Å²) in [4.78, 5) is 10.3. The zero-order chi connectivity index (χ0) is 14.8. The molecule has 0 N–H and O–H groups in total. The number of hydrogen-bond acceptors (Lipinski definition) is 3. The lowest BCUT2D eigenvalue weighted by atomic mass is 10.1. The van der Waals surface area contributed by atoms with Gasteiger partial charge in [0.25, 0.3) is 5.69 Å². The van der Waals surface area contributed by atoms with Gasteiger partial charge in [-0.15, -0.1) is 0 Å². The fourth-order valence-electron chi connectivity index (χ4n) is 2.40. The maximum Gasteiger partial charge on any atom is 0.269 e. The van der Waals surface area contributed by atoms with E-state index in [0.29, 0.717) is 0 Å². The van der Waals surface area contributed by atoms with Gasteiger partial charge < -0.3 is 0 Å². The van der Waals surface area contributed by atoms with Crippen LogP contribution in [0.2, 0.25) is 0 Å². The molecule has 1 heterocycles. The summed E-state index contributed by atoms with van der Waals surface area (Å²) in [6, 6.07) is 15.2. The lowest BCUT2D eigenvalue weighted by Crippen LogP contribution is -2.30. The van der Waals surface area contributed by atoms with Crippen LogP contribution < -0.4 is 4.57 Å². The van der Waals surface area contributed by atoms with Crippen LogP contribution in [0.15, 0.2) is 48.5 Å². The average molecular weight is 299 g/mol. The van der Waals surface area contributed by atoms with Crippen LogP contribution in [0.4, 0.5) is 5.69 Å². The highest BCUT2D eigenvalue weighted by Gasteiger charge is 2.16. The minimum atomic E-state index is -0.365. The van der Waals surface area contributed by atoms with Gasteiger partial charge in [0.1, 0.15) is 11.7 Å². The molecule has 0 aliphatic rings. The minimum Gasteiger partial charge on any atom is -0.258 e. The van der Waals surface area contributed by atoms with Gasteiger partial charge in [-0.2, -0.15) is 4.57 Å². The molecule has 106 valence electrons. The molecule has 0 aliphatic heterocycles. The fourth-order valence-corrected chi connectivity index (χ4v) is 3.55. The van der Waals surface area contributed by atoms with Crippen molar-refractivity contribution in [2.75, 3.05) is 0 Å². The molecule has 0 bridgehead atoms. The van der Waals surface area contributed by atoms with Crippen LogP contribution in [0.25, 0.3) is 10.2 Å². The predicted molar refractivity (Wildman–Crippen MR) is 83.5 cm³/mol. The molecule has 0 atom stereocenters. The fraction of sp³-hybridized carbons (Fsp3) is 0.188. The summed E-state index contributed by atoms with van der Waals surface area (Å²) >= 11 is 1.81. The van der Waals surface area contributed by atoms with Crippen LogP contribution >= 0.6 is 11.3 Å². The van der Waals surface area contributed by atoms with Crippen molar-refractivity contribution in [2.45, 2.75) is 12.8 Å². The van der Waals surface area contributed by atoms with Crippen molar-refractivity contribution < 1.29 is 9.49 Å². The summed E-state index contributed by atoms with van der Waals surface area (Å²) in [5.74, 6) is 0. The average Bonchev–Trinajstić information content (AvgIpc) is 2.82. The zero-order valence-electron chi connectivity index (χ0n) is 11.7. The van der Waals surface area contributed by atoms with E-state index in [9.17, 15) is 10.1 Å². The van der Waals surface area contributed by atoms with Crippen LogP contribution in [0.3, 0.4) is 0 Å². The van der Waals surface area contributed by atoms with Crippen LogP contribution in [0.1, 0.15) is 10.6 Å². The van der Waals surface area contributed by atoms with Crippen molar-refractivity contribution in [3.8, 4) is 0 Å². The van der Waals surface area contributed by atoms with Crippen molar-refractivity contribution in [3.63, 3.8) is 0 Å². The van der Waals surface area contributed by atoms with Crippen molar-refractivity contribution in [2.24, 2.45) is 7.05 Å². The molecule has 21 heavy (non-hydrogen) atoms. The van der Waals surface area contributed by atoms with Crippen molar-refractivity contribution in [1.29, 1.82) is 0 Å². The van der Waals surface area contributed by atoms with E-state index in [1.807, 2.05) is 12.1 Å². The van der Waals surface area contributed by atoms with E-state index < -0.39 is 0 Å². The van der Waals surface area contributed by atoms with Crippen molar-refractivity contribution in [3.05, 3.63) is 69.2 Å². The van der Waals surface area contributed by atoms with Crippen molar-refractivity contribution in [1.82, 2.24) is 0 Å². The Morgan fingerprint density at radius 1 is 1.10 bits per heavy atom. The number of rotatable bonds is 4. The molecule has 0 fully saturated rings. The van der Waals surface area contributed by atoms with E-state index in [2.05, 4.69) is 35.9 Å². The lowest BCUT2D eigenvalue weighted by Gasteiger charge is -1.98. The Morgan fingerprint density at radius 2 is 1.81 bits per heavy atom. The molecular weight excluding hydrogens is 284 g/mol. The van der Waals surface area contributed by atoms with Crippen LogP contribution in [0, 0.1) is 10.1 Å². The van der Waals surface area contributed by atoms with E-state index in [1.54, 1.807) is 23.5 Å². The largest absolute Gasteiger partial charge is 0.269 e. The van der Waals surface area contributed by atoms with Crippen LogP contribution in [-0.2, 0) is 19.9 Å². The predicted octanol–water partition coefficient (Wildman–Crippen LogP) is 3.42. The summed E-state index contributed by atoms with van der Waals surface area (Å²) < 4.78 is 3.52. The molecule has 0 saturated heterocycles. The third-order valence-corrected chi connectivity index (χ3v) is 4.88. The van der Waals surface area contributed by atoms with Gasteiger partial charge in [0.15, 0.2) is 0 Å². The summed E-state index contributed by atoms with van der Waals surface area (Å²) in [5.41, 5.74) is 2.52. The normalized spacial score (nSPS) is 10.9. The lowest BCUT2D eigenvalue weighted by molar-refractivity contribution is -0.648.